The Morgan fingerprint density at radius 2 is 2.00 bits per heavy atom. The maximum absolute atomic E-state index is 12.6. The zero-order valence-corrected chi connectivity index (χ0v) is 13.7. The van der Waals surface area contributed by atoms with Crippen LogP contribution in [0.1, 0.15) is 25.7 Å². The number of hydrogen-bond donors (Lipinski definition) is 0. The summed E-state index contributed by atoms with van der Waals surface area (Å²) in [4.78, 5) is 28.2. The summed E-state index contributed by atoms with van der Waals surface area (Å²) in [5.41, 5.74) is -0.288. The monoisotopic (exact) mass is 322 g/mol. The molecule has 3 rings (SSSR count). The molecule has 0 aromatic rings. The van der Waals surface area contributed by atoms with Gasteiger partial charge in [0.25, 0.3) is 0 Å². The summed E-state index contributed by atoms with van der Waals surface area (Å²) >= 11 is 0. The zero-order valence-electron chi connectivity index (χ0n) is 13.7. The summed E-state index contributed by atoms with van der Waals surface area (Å²) in [5, 5.41) is 0. The smallest absolute Gasteiger partial charge is 0.248 e. The molecule has 3 aliphatic rings. The predicted octanol–water partition coefficient (Wildman–Crippen LogP) is 0.819. The lowest BCUT2D eigenvalue weighted by atomic mass is 9.88. The van der Waals surface area contributed by atoms with Gasteiger partial charge >= 0.3 is 0 Å². The predicted molar refractivity (Wildman–Crippen MR) is 84.8 cm³/mol. The summed E-state index contributed by atoms with van der Waals surface area (Å²) in [6, 6.07) is 0. The van der Waals surface area contributed by atoms with Crippen LogP contribution in [-0.4, -0.2) is 73.2 Å². The van der Waals surface area contributed by atoms with Gasteiger partial charge in [0.2, 0.25) is 11.8 Å². The Hall–Kier alpha value is -1.40. The number of likely N-dealkylation sites (tertiary alicyclic amines) is 1. The van der Waals surface area contributed by atoms with Crippen LogP contribution in [0.4, 0.5) is 0 Å². The standard InChI is InChI=1S/C17H26N2O4/c1-2-7-19-13-17(23-12-15(19)20)5-8-18(9-6-17)16(21)14-3-10-22-11-4-14/h2,14H,1,3-13H2. The SMILES string of the molecule is C=CCN1CC2(CCN(C(=O)C3CCOCC3)CC2)OCC1=O. The molecule has 6 heteroatoms. The molecule has 0 atom stereocenters. The number of piperidine rings is 1. The number of hydrogen-bond acceptors (Lipinski definition) is 4. The fourth-order valence-corrected chi connectivity index (χ4v) is 3.75. The van der Waals surface area contributed by atoms with E-state index in [0.29, 0.717) is 39.4 Å². The second-order valence-electron chi connectivity index (χ2n) is 6.75. The van der Waals surface area contributed by atoms with Crippen LogP contribution in [-0.2, 0) is 19.1 Å². The van der Waals surface area contributed by atoms with Gasteiger partial charge in [-0.1, -0.05) is 6.08 Å². The number of carbonyl (C=O) groups is 2. The van der Waals surface area contributed by atoms with Crippen LogP contribution in [0.15, 0.2) is 12.7 Å². The summed E-state index contributed by atoms with van der Waals surface area (Å²) < 4.78 is 11.2. The molecule has 2 amide bonds. The number of rotatable bonds is 3. The van der Waals surface area contributed by atoms with E-state index in [1.54, 1.807) is 6.08 Å². The minimum Gasteiger partial charge on any atom is -0.381 e. The van der Waals surface area contributed by atoms with Crippen molar-refractivity contribution in [2.75, 3.05) is 46.0 Å². The van der Waals surface area contributed by atoms with Gasteiger partial charge in [-0.25, -0.2) is 0 Å². The number of morpholine rings is 1. The lowest BCUT2D eigenvalue weighted by molar-refractivity contribution is -0.173. The Kier molecular flexibility index (Phi) is 5.02. The molecule has 0 saturated carbocycles. The molecule has 0 aromatic heterocycles. The molecule has 3 aliphatic heterocycles. The van der Waals surface area contributed by atoms with Crippen molar-refractivity contribution in [2.45, 2.75) is 31.3 Å². The topological polar surface area (TPSA) is 59.1 Å². The van der Waals surface area contributed by atoms with E-state index in [9.17, 15) is 9.59 Å². The summed E-state index contributed by atoms with van der Waals surface area (Å²) in [6.45, 7) is 7.84. The van der Waals surface area contributed by atoms with Crippen LogP contribution in [0.3, 0.4) is 0 Å². The first-order chi connectivity index (χ1) is 11.1. The van der Waals surface area contributed by atoms with Gasteiger partial charge in [0.05, 0.1) is 12.1 Å². The molecule has 3 fully saturated rings. The number of ether oxygens (including phenoxy) is 2. The first-order valence-corrected chi connectivity index (χ1v) is 8.53. The first-order valence-electron chi connectivity index (χ1n) is 8.53. The van der Waals surface area contributed by atoms with Gasteiger partial charge in [-0.05, 0) is 25.7 Å². The number of carbonyl (C=O) groups excluding carboxylic acids is 2. The summed E-state index contributed by atoms with van der Waals surface area (Å²) in [5.74, 6) is 0.401. The fourth-order valence-electron chi connectivity index (χ4n) is 3.75. The van der Waals surface area contributed by atoms with Crippen LogP contribution in [0.2, 0.25) is 0 Å². The number of amides is 2. The third kappa shape index (κ3) is 3.58. The molecule has 6 nitrogen and oxygen atoms in total. The largest absolute Gasteiger partial charge is 0.381 e. The van der Waals surface area contributed by atoms with Crippen molar-refractivity contribution in [3.8, 4) is 0 Å². The van der Waals surface area contributed by atoms with E-state index < -0.39 is 0 Å². The van der Waals surface area contributed by atoms with Crippen LogP contribution in [0.5, 0.6) is 0 Å². The van der Waals surface area contributed by atoms with Crippen LogP contribution >= 0.6 is 0 Å². The highest BCUT2D eigenvalue weighted by Gasteiger charge is 2.43. The molecular weight excluding hydrogens is 296 g/mol. The maximum Gasteiger partial charge on any atom is 0.248 e. The van der Waals surface area contributed by atoms with Gasteiger partial charge < -0.3 is 19.3 Å². The van der Waals surface area contributed by atoms with Crippen LogP contribution < -0.4 is 0 Å². The lowest BCUT2D eigenvalue weighted by Gasteiger charge is -2.47. The van der Waals surface area contributed by atoms with E-state index >= 15 is 0 Å². The zero-order chi connectivity index (χ0) is 16.3. The molecule has 0 unspecified atom stereocenters. The van der Waals surface area contributed by atoms with Crippen molar-refractivity contribution in [3.63, 3.8) is 0 Å². The molecule has 23 heavy (non-hydrogen) atoms. The lowest BCUT2D eigenvalue weighted by Crippen LogP contribution is -2.59. The van der Waals surface area contributed by atoms with E-state index in [1.807, 2.05) is 9.80 Å². The molecule has 3 heterocycles. The van der Waals surface area contributed by atoms with E-state index in [0.717, 1.165) is 25.7 Å². The normalized spacial score (nSPS) is 25.7. The number of nitrogens with zero attached hydrogens (tertiary/aromatic N) is 2. The van der Waals surface area contributed by atoms with Crippen molar-refractivity contribution >= 4 is 11.8 Å². The van der Waals surface area contributed by atoms with Gasteiger partial charge in [0, 0.05) is 38.8 Å². The molecule has 0 aromatic carbocycles. The Morgan fingerprint density at radius 3 is 2.65 bits per heavy atom. The fraction of sp³-hybridized carbons (Fsp3) is 0.765. The second kappa shape index (κ2) is 7.01. The van der Waals surface area contributed by atoms with Crippen molar-refractivity contribution < 1.29 is 19.1 Å². The highest BCUT2D eigenvalue weighted by molar-refractivity contribution is 5.79. The average molecular weight is 322 g/mol. The van der Waals surface area contributed by atoms with Gasteiger partial charge in [0.1, 0.15) is 6.61 Å². The average Bonchev–Trinajstić information content (AvgIpc) is 2.59. The molecule has 128 valence electrons. The van der Waals surface area contributed by atoms with E-state index in [1.165, 1.54) is 0 Å². The van der Waals surface area contributed by atoms with E-state index in [-0.39, 0.29) is 29.9 Å². The van der Waals surface area contributed by atoms with Gasteiger partial charge in [-0.15, -0.1) is 6.58 Å². The van der Waals surface area contributed by atoms with Crippen LogP contribution in [0.25, 0.3) is 0 Å². The Balaban J connectivity index is 1.56. The van der Waals surface area contributed by atoms with Crippen molar-refractivity contribution in [1.82, 2.24) is 9.80 Å². The third-order valence-corrected chi connectivity index (χ3v) is 5.24. The van der Waals surface area contributed by atoms with Crippen LogP contribution in [0, 0.1) is 5.92 Å². The summed E-state index contributed by atoms with van der Waals surface area (Å²) in [7, 11) is 0. The molecule has 1 spiro atoms. The Labute approximate surface area is 137 Å². The summed E-state index contributed by atoms with van der Waals surface area (Å²) in [6.07, 6.45) is 5.00. The molecule has 3 saturated heterocycles. The Morgan fingerprint density at radius 1 is 1.30 bits per heavy atom. The maximum atomic E-state index is 12.6. The van der Waals surface area contributed by atoms with Crippen molar-refractivity contribution in [3.05, 3.63) is 12.7 Å². The van der Waals surface area contributed by atoms with Crippen molar-refractivity contribution in [2.24, 2.45) is 5.92 Å². The molecule has 0 aliphatic carbocycles. The Bertz CT molecular complexity index is 465. The molecular formula is C17H26N2O4. The molecule has 0 radical (unpaired) electrons. The highest BCUT2D eigenvalue weighted by atomic mass is 16.5. The van der Waals surface area contributed by atoms with Crippen molar-refractivity contribution in [1.29, 1.82) is 0 Å². The molecule has 0 N–H and O–H groups in total. The van der Waals surface area contributed by atoms with Gasteiger partial charge in [0.15, 0.2) is 0 Å². The quantitative estimate of drug-likeness (QED) is 0.722. The third-order valence-electron chi connectivity index (χ3n) is 5.24. The minimum atomic E-state index is -0.288. The second-order valence-corrected chi connectivity index (χ2v) is 6.75. The van der Waals surface area contributed by atoms with E-state index in [4.69, 9.17) is 9.47 Å². The first kappa shape index (κ1) is 16.5. The minimum absolute atomic E-state index is 0.0243. The van der Waals surface area contributed by atoms with Gasteiger partial charge in [-0.3, -0.25) is 9.59 Å². The van der Waals surface area contributed by atoms with Gasteiger partial charge in [-0.2, -0.15) is 0 Å². The highest BCUT2D eigenvalue weighted by Crippen LogP contribution is 2.31. The van der Waals surface area contributed by atoms with E-state index in [2.05, 4.69) is 6.58 Å². The molecule has 0 bridgehead atoms.